The van der Waals surface area contributed by atoms with Crippen LogP contribution in [0, 0.1) is 5.41 Å². The molecule has 0 aliphatic heterocycles. The minimum Gasteiger partial charge on any atom is -0.480 e. The van der Waals surface area contributed by atoms with Crippen LogP contribution in [0.1, 0.15) is 36.8 Å². The zero-order valence-corrected chi connectivity index (χ0v) is 16.1. The average Bonchev–Trinajstić information content (AvgIpc) is 2.69. The van der Waals surface area contributed by atoms with E-state index >= 15 is 0 Å². The Labute approximate surface area is 167 Å². The number of allylic oxidation sites excluding steroid dienone is 2. The average molecular weight is 398 g/mol. The molecule has 1 aliphatic rings. The van der Waals surface area contributed by atoms with Gasteiger partial charge in [-0.1, -0.05) is 41.4 Å². The number of carbonyl (C=O) groups is 2. The maximum Gasteiger partial charge on any atom is 0.320 e. The Kier molecular flexibility index (Phi) is 5.90. The van der Waals surface area contributed by atoms with Crippen molar-refractivity contribution >= 4 is 29.7 Å². The summed E-state index contributed by atoms with van der Waals surface area (Å²) in [7, 11) is 0. The van der Waals surface area contributed by atoms with E-state index in [2.05, 4.69) is 15.5 Å². The summed E-state index contributed by atoms with van der Waals surface area (Å²) in [6.45, 7) is 1.94. The Morgan fingerprint density at radius 1 is 1.32 bits per heavy atom. The number of hydrazone groups is 1. The number of carbonyl (C=O) groups excluding carboxylic acids is 1. The number of hydrogen-bond donors (Lipinski definition) is 2. The number of amides is 1. The van der Waals surface area contributed by atoms with Gasteiger partial charge < -0.3 is 5.11 Å². The summed E-state index contributed by atoms with van der Waals surface area (Å²) in [6, 6.07) is 10.5. The molecule has 0 fully saturated rings. The lowest BCUT2D eigenvalue weighted by atomic mass is 9.64. The quantitative estimate of drug-likeness (QED) is 0.347. The summed E-state index contributed by atoms with van der Waals surface area (Å²) >= 11 is 5.97. The van der Waals surface area contributed by atoms with Crippen LogP contribution in [0.2, 0.25) is 5.02 Å². The maximum absolute atomic E-state index is 13.0. The molecule has 1 heterocycles. The van der Waals surface area contributed by atoms with Gasteiger partial charge in [-0.15, -0.1) is 0 Å². The second-order valence-electron chi connectivity index (χ2n) is 6.82. The van der Waals surface area contributed by atoms with Crippen molar-refractivity contribution in [2.24, 2.45) is 10.5 Å². The molecule has 1 aliphatic carbocycles. The molecule has 3 rings (SSSR count). The van der Waals surface area contributed by atoms with E-state index in [1.165, 1.54) is 6.21 Å². The summed E-state index contributed by atoms with van der Waals surface area (Å²) in [5.41, 5.74) is 3.26. The number of aromatic nitrogens is 1. The van der Waals surface area contributed by atoms with Crippen molar-refractivity contribution in [3.05, 3.63) is 76.6 Å². The van der Waals surface area contributed by atoms with Gasteiger partial charge in [0.1, 0.15) is 0 Å². The van der Waals surface area contributed by atoms with Crippen LogP contribution in [0.3, 0.4) is 0 Å². The van der Waals surface area contributed by atoms with Crippen molar-refractivity contribution in [3.63, 3.8) is 0 Å². The number of pyridine rings is 1. The van der Waals surface area contributed by atoms with E-state index in [1.54, 1.807) is 48.8 Å². The molecule has 1 amide bonds. The standard InChI is InChI=1S/C21H20ClN3O3/c1-14-8-9-21(20(27)28,18(11-14)16-4-6-17(22)7-5-16)19(26)25-24-13-15-3-2-10-23-12-15/h2-8,10,12-13,18H,9,11H2,1H3,(H,25,26)(H,27,28). The zero-order chi connectivity index (χ0) is 20.1. The Morgan fingerprint density at radius 3 is 2.71 bits per heavy atom. The third kappa shape index (κ3) is 3.97. The Bertz CT molecular complexity index is 926. The maximum atomic E-state index is 13.0. The van der Waals surface area contributed by atoms with Gasteiger partial charge in [-0.2, -0.15) is 5.10 Å². The highest BCUT2D eigenvalue weighted by Gasteiger charge is 2.53. The SMILES string of the molecule is CC1=CCC(C(=O)O)(C(=O)NN=Cc2cccnc2)C(c2ccc(Cl)cc2)C1. The predicted molar refractivity (Wildman–Crippen MR) is 107 cm³/mol. The van der Waals surface area contributed by atoms with E-state index in [9.17, 15) is 14.7 Å². The van der Waals surface area contributed by atoms with Crippen molar-refractivity contribution in [1.29, 1.82) is 0 Å². The number of carboxylic acid groups (broad SMARTS) is 1. The molecule has 1 aromatic carbocycles. The third-order valence-corrected chi connectivity index (χ3v) is 5.27. The molecule has 0 bridgehead atoms. The minimum atomic E-state index is -1.65. The lowest BCUT2D eigenvalue weighted by Gasteiger charge is -2.38. The summed E-state index contributed by atoms with van der Waals surface area (Å²) < 4.78 is 0. The molecule has 7 heteroatoms. The molecule has 0 spiro atoms. The second-order valence-corrected chi connectivity index (χ2v) is 7.26. The van der Waals surface area contributed by atoms with Crippen LogP contribution in [0.4, 0.5) is 0 Å². The van der Waals surface area contributed by atoms with Gasteiger partial charge in [-0.25, -0.2) is 5.43 Å². The van der Waals surface area contributed by atoms with E-state index in [0.29, 0.717) is 17.0 Å². The van der Waals surface area contributed by atoms with E-state index in [0.717, 1.165) is 11.1 Å². The van der Waals surface area contributed by atoms with Gasteiger partial charge in [-0.3, -0.25) is 14.6 Å². The molecule has 2 unspecified atom stereocenters. The van der Waals surface area contributed by atoms with Gasteiger partial charge >= 0.3 is 5.97 Å². The van der Waals surface area contributed by atoms with Crippen LogP contribution >= 0.6 is 11.6 Å². The van der Waals surface area contributed by atoms with Crippen molar-refractivity contribution in [3.8, 4) is 0 Å². The summed E-state index contributed by atoms with van der Waals surface area (Å²) in [4.78, 5) is 29.3. The van der Waals surface area contributed by atoms with Gasteiger partial charge in [0.15, 0.2) is 5.41 Å². The molecule has 6 nitrogen and oxygen atoms in total. The van der Waals surface area contributed by atoms with Gasteiger partial charge in [0, 0.05) is 28.9 Å². The number of carboxylic acids is 1. The highest BCUT2D eigenvalue weighted by molar-refractivity contribution is 6.30. The monoisotopic (exact) mass is 397 g/mol. The van der Waals surface area contributed by atoms with Gasteiger partial charge in [0.2, 0.25) is 0 Å². The van der Waals surface area contributed by atoms with Gasteiger partial charge in [0.25, 0.3) is 5.91 Å². The summed E-state index contributed by atoms with van der Waals surface area (Å²) in [6.07, 6.45) is 7.02. The molecule has 0 saturated heterocycles. The van der Waals surface area contributed by atoms with Crippen LogP contribution in [0.15, 0.2) is 65.5 Å². The Hall–Kier alpha value is -2.99. The lowest BCUT2D eigenvalue weighted by Crippen LogP contribution is -2.50. The largest absolute Gasteiger partial charge is 0.480 e. The predicted octanol–water partition coefficient (Wildman–Crippen LogP) is 3.78. The Balaban J connectivity index is 1.93. The highest BCUT2D eigenvalue weighted by Crippen LogP contribution is 2.47. The first-order chi connectivity index (χ1) is 13.4. The number of hydrogen-bond acceptors (Lipinski definition) is 4. The van der Waals surface area contributed by atoms with Crippen molar-refractivity contribution in [1.82, 2.24) is 10.4 Å². The smallest absolute Gasteiger partial charge is 0.320 e. The molecule has 144 valence electrons. The highest BCUT2D eigenvalue weighted by atomic mass is 35.5. The first-order valence-corrected chi connectivity index (χ1v) is 9.19. The number of nitrogens with one attached hydrogen (secondary N) is 1. The molecule has 1 aromatic heterocycles. The van der Waals surface area contributed by atoms with Gasteiger partial charge in [0.05, 0.1) is 6.21 Å². The lowest BCUT2D eigenvalue weighted by molar-refractivity contribution is -0.158. The van der Waals surface area contributed by atoms with Crippen LogP contribution in [-0.2, 0) is 9.59 Å². The zero-order valence-electron chi connectivity index (χ0n) is 15.3. The second kappa shape index (κ2) is 8.35. The topological polar surface area (TPSA) is 91.6 Å². The van der Waals surface area contributed by atoms with Crippen LogP contribution in [0.5, 0.6) is 0 Å². The normalized spacial score (nSPS) is 21.9. The number of benzene rings is 1. The summed E-state index contributed by atoms with van der Waals surface area (Å²) in [5.74, 6) is -2.35. The molecule has 2 aromatic rings. The number of nitrogens with zero attached hydrogens (tertiary/aromatic N) is 2. The van der Waals surface area contributed by atoms with Crippen molar-refractivity contribution < 1.29 is 14.7 Å². The summed E-state index contributed by atoms with van der Waals surface area (Å²) in [5, 5.41) is 14.6. The number of rotatable bonds is 5. The molecule has 0 radical (unpaired) electrons. The first kappa shape index (κ1) is 19.8. The molecule has 0 saturated carbocycles. The first-order valence-electron chi connectivity index (χ1n) is 8.81. The number of aliphatic carboxylic acids is 1. The van der Waals surface area contributed by atoms with Crippen LogP contribution in [-0.4, -0.2) is 28.2 Å². The van der Waals surface area contributed by atoms with Crippen molar-refractivity contribution in [2.45, 2.75) is 25.7 Å². The molecular weight excluding hydrogens is 378 g/mol. The van der Waals surface area contributed by atoms with E-state index in [1.807, 2.05) is 13.0 Å². The molecule has 2 N–H and O–H groups in total. The fourth-order valence-corrected chi connectivity index (χ4v) is 3.58. The molecule has 28 heavy (non-hydrogen) atoms. The minimum absolute atomic E-state index is 0.0930. The third-order valence-electron chi connectivity index (χ3n) is 5.02. The van der Waals surface area contributed by atoms with E-state index in [-0.39, 0.29) is 6.42 Å². The number of halogens is 1. The fraction of sp³-hybridized carbons (Fsp3) is 0.238. The van der Waals surface area contributed by atoms with Gasteiger partial charge in [-0.05, 0) is 43.5 Å². The molecular formula is C21H20ClN3O3. The molecule has 2 atom stereocenters. The van der Waals surface area contributed by atoms with Crippen molar-refractivity contribution in [2.75, 3.05) is 0 Å². The van der Waals surface area contributed by atoms with E-state index in [4.69, 9.17) is 11.6 Å². The van der Waals surface area contributed by atoms with Crippen LogP contribution < -0.4 is 5.43 Å². The Morgan fingerprint density at radius 2 is 2.07 bits per heavy atom. The van der Waals surface area contributed by atoms with Crippen LogP contribution in [0.25, 0.3) is 0 Å². The van der Waals surface area contributed by atoms with E-state index < -0.39 is 23.2 Å². The fourth-order valence-electron chi connectivity index (χ4n) is 3.46.